The van der Waals surface area contributed by atoms with Crippen LogP contribution in [0.3, 0.4) is 0 Å². The van der Waals surface area contributed by atoms with Gasteiger partial charge in [-0.3, -0.25) is 9.48 Å². The van der Waals surface area contributed by atoms with Gasteiger partial charge in [-0.1, -0.05) is 0 Å². The summed E-state index contributed by atoms with van der Waals surface area (Å²) < 4.78 is 7.57. The van der Waals surface area contributed by atoms with Crippen molar-refractivity contribution in [2.75, 3.05) is 13.1 Å². The highest BCUT2D eigenvalue weighted by molar-refractivity contribution is 9.10. The van der Waals surface area contributed by atoms with Gasteiger partial charge in [0, 0.05) is 26.2 Å². The summed E-state index contributed by atoms with van der Waals surface area (Å²) in [4.78, 5) is 26.0. The Balaban J connectivity index is 1.85. The molecule has 0 saturated carbocycles. The lowest BCUT2D eigenvalue weighted by molar-refractivity contribution is 0.0199. The minimum atomic E-state index is -0.492. The second-order valence-electron chi connectivity index (χ2n) is 6.68. The van der Waals surface area contributed by atoms with E-state index in [2.05, 4.69) is 26.3 Å². The number of rotatable bonds is 2. The van der Waals surface area contributed by atoms with Crippen LogP contribution in [-0.4, -0.2) is 51.4 Å². The fraction of sp³-hybridized carbons (Fsp3) is 0.667. The molecule has 2 rings (SSSR count). The van der Waals surface area contributed by atoms with Gasteiger partial charge in [-0.2, -0.15) is 5.10 Å². The maximum atomic E-state index is 12.3. The van der Waals surface area contributed by atoms with E-state index in [0.717, 1.165) is 0 Å². The minimum Gasteiger partial charge on any atom is -0.444 e. The Bertz CT molecular complexity index is 567. The third-order valence-corrected chi connectivity index (χ3v) is 4.17. The Hall–Kier alpha value is -1.57. The number of ether oxygens (including phenoxy) is 1. The number of carbonyl (C=O) groups excluding carboxylic acids is 2. The summed E-state index contributed by atoms with van der Waals surface area (Å²) in [7, 11) is 1.73. The SMILES string of the molecule is Cn1ncc(Br)c1C(=O)NC1CCN(C(=O)OC(C)(C)C)CC1. The minimum absolute atomic E-state index is 0.0444. The first kappa shape index (κ1) is 17.8. The maximum absolute atomic E-state index is 12.3. The zero-order valence-corrected chi connectivity index (χ0v) is 15.5. The van der Waals surface area contributed by atoms with Crippen LogP contribution in [0, 0.1) is 0 Å². The zero-order chi connectivity index (χ0) is 17.2. The Kier molecular flexibility index (Phi) is 5.33. The average molecular weight is 387 g/mol. The lowest BCUT2D eigenvalue weighted by atomic mass is 10.1. The van der Waals surface area contributed by atoms with Gasteiger partial charge in [-0.15, -0.1) is 0 Å². The van der Waals surface area contributed by atoms with Crippen molar-refractivity contribution in [3.8, 4) is 0 Å². The molecule has 1 aliphatic rings. The van der Waals surface area contributed by atoms with E-state index in [1.165, 1.54) is 4.68 Å². The van der Waals surface area contributed by atoms with Crippen LogP contribution in [0.5, 0.6) is 0 Å². The van der Waals surface area contributed by atoms with Gasteiger partial charge in [0.25, 0.3) is 5.91 Å². The molecule has 2 heterocycles. The molecule has 1 N–H and O–H groups in total. The van der Waals surface area contributed by atoms with Crippen LogP contribution < -0.4 is 5.32 Å². The van der Waals surface area contributed by atoms with Gasteiger partial charge < -0.3 is 15.0 Å². The third kappa shape index (κ3) is 4.70. The first-order valence-electron chi connectivity index (χ1n) is 7.63. The second kappa shape index (κ2) is 6.90. The van der Waals surface area contributed by atoms with E-state index in [1.807, 2.05) is 20.8 Å². The van der Waals surface area contributed by atoms with Crippen molar-refractivity contribution >= 4 is 27.9 Å². The number of aryl methyl sites for hydroxylation is 1. The van der Waals surface area contributed by atoms with E-state index in [9.17, 15) is 9.59 Å². The smallest absolute Gasteiger partial charge is 0.410 e. The Morgan fingerprint density at radius 1 is 1.35 bits per heavy atom. The van der Waals surface area contributed by atoms with Gasteiger partial charge in [-0.25, -0.2) is 4.79 Å². The molecule has 2 amide bonds. The van der Waals surface area contributed by atoms with E-state index in [0.29, 0.717) is 36.1 Å². The quantitative estimate of drug-likeness (QED) is 0.845. The molecule has 0 radical (unpaired) electrons. The van der Waals surface area contributed by atoms with Gasteiger partial charge in [0.1, 0.15) is 11.3 Å². The lowest BCUT2D eigenvalue weighted by Crippen LogP contribution is -2.48. The molecule has 1 aromatic heterocycles. The molecule has 23 heavy (non-hydrogen) atoms. The Morgan fingerprint density at radius 2 is 1.96 bits per heavy atom. The predicted octanol–water partition coefficient (Wildman–Crippen LogP) is 2.31. The van der Waals surface area contributed by atoms with Crippen LogP contribution in [0.4, 0.5) is 4.79 Å². The predicted molar refractivity (Wildman–Crippen MR) is 89.2 cm³/mol. The maximum Gasteiger partial charge on any atom is 0.410 e. The number of hydrogen-bond acceptors (Lipinski definition) is 4. The summed E-state index contributed by atoms with van der Waals surface area (Å²) >= 11 is 3.33. The number of likely N-dealkylation sites (tertiary alicyclic amines) is 1. The standard InChI is InChI=1S/C15H23BrN4O3/c1-15(2,3)23-14(22)20-7-5-10(6-8-20)18-13(21)12-11(16)9-17-19(12)4/h9-10H,5-8H2,1-4H3,(H,18,21). The van der Waals surface area contributed by atoms with Crippen LogP contribution in [-0.2, 0) is 11.8 Å². The number of hydrogen-bond donors (Lipinski definition) is 1. The van der Waals surface area contributed by atoms with Gasteiger partial charge in [0.05, 0.1) is 10.7 Å². The molecule has 1 aliphatic heterocycles. The summed E-state index contributed by atoms with van der Waals surface area (Å²) in [5.74, 6) is -0.160. The topological polar surface area (TPSA) is 76.5 Å². The van der Waals surface area contributed by atoms with Crippen molar-refractivity contribution in [3.05, 3.63) is 16.4 Å². The Morgan fingerprint density at radius 3 is 2.43 bits per heavy atom. The third-order valence-electron chi connectivity index (χ3n) is 3.59. The average Bonchev–Trinajstić information content (AvgIpc) is 2.77. The van der Waals surface area contributed by atoms with Crippen molar-refractivity contribution < 1.29 is 14.3 Å². The van der Waals surface area contributed by atoms with Crippen molar-refractivity contribution in [1.29, 1.82) is 0 Å². The summed E-state index contributed by atoms with van der Waals surface area (Å²) in [5.41, 5.74) is 0.00750. The first-order chi connectivity index (χ1) is 10.7. The van der Waals surface area contributed by atoms with E-state index < -0.39 is 5.60 Å². The van der Waals surface area contributed by atoms with E-state index >= 15 is 0 Å². The number of carbonyl (C=O) groups is 2. The number of aromatic nitrogens is 2. The van der Waals surface area contributed by atoms with Gasteiger partial charge >= 0.3 is 6.09 Å². The molecular formula is C15H23BrN4O3. The zero-order valence-electron chi connectivity index (χ0n) is 13.9. The lowest BCUT2D eigenvalue weighted by Gasteiger charge is -2.33. The number of piperidine rings is 1. The van der Waals surface area contributed by atoms with E-state index in [-0.39, 0.29) is 18.0 Å². The number of amides is 2. The molecule has 1 fully saturated rings. The molecule has 1 aromatic rings. The number of nitrogens with zero attached hydrogens (tertiary/aromatic N) is 3. The van der Waals surface area contributed by atoms with Crippen molar-refractivity contribution in [1.82, 2.24) is 20.0 Å². The molecule has 128 valence electrons. The van der Waals surface area contributed by atoms with Gasteiger partial charge in [-0.05, 0) is 49.5 Å². The van der Waals surface area contributed by atoms with Crippen molar-refractivity contribution in [2.24, 2.45) is 7.05 Å². The summed E-state index contributed by atoms with van der Waals surface area (Å²) in [6.45, 7) is 6.70. The fourth-order valence-electron chi connectivity index (χ4n) is 2.45. The molecule has 0 unspecified atom stereocenters. The first-order valence-corrected chi connectivity index (χ1v) is 8.43. The van der Waals surface area contributed by atoms with Crippen LogP contribution in [0.1, 0.15) is 44.1 Å². The molecule has 0 bridgehead atoms. The highest BCUT2D eigenvalue weighted by Crippen LogP contribution is 2.18. The summed E-state index contributed by atoms with van der Waals surface area (Å²) in [6, 6.07) is 0.0444. The van der Waals surface area contributed by atoms with Crippen LogP contribution in [0.2, 0.25) is 0 Å². The number of nitrogens with one attached hydrogen (secondary N) is 1. The van der Waals surface area contributed by atoms with E-state index in [1.54, 1.807) is 18.1 Å². The van der Waals surface area contributed by atoms with Gasteiger partial charge in [0.2, 0.25) is 0 Å². The van der Waals surface area contributed by atoms with Crippen molar-refractivity contribution in [2.45, 2.75) is 45.3 Å². The molecule has 0 aliphatic carbocycles. The largest absolute Gasteiger partial charge is 0.444 e. The van der Waals surface area contributed by atoms with E-state index in [4.69, 9.17) is 4.74 Å². The number of halogens is 1. The highest BCUT2D eigenvalue weighted by Gasteiger charge is 2.28. The molecule has 0 aromatic carbocycles. The van der Waals surface area contributed by atoms with Crippen molar-refractivity contribution in [3.63, 3.8) is 0 Å². The fourth-order valence-corrected chi connectivity index (χ4v) is 2.98. The molecular weight excluding hydrogens is 364 g/mol. The van der Waals surface area contributed by atoms with Gasteiger partial charge in [0.15, 0.2) is 0 Å². The molecule has 0 spiro atoms. The normalized spacial score (nSPS) is 16.3. The van der Waals surface area contributed by atoms with Crippen LogP contribution >= 0.6 is 15.9 Å². The molecule has 0 atom stereocenters. The molecule has 8 heteroatoms. The van der Waals surface area contributed by atoms with Crippen LogP contribution in [0.25, 0.3) is 0 Å². The molecule has 7 nitrogen and oxygen atoms in total. The van der Waals surface area contributed by atoms with Crippen LogP contribution in [0.15, 0.2) is 10.7 Å². The summed E-state index contributed by atoms with van der Waals surface area (Å²) in [6.07, 6.45) is 2.72. The second-order valence-corrected chi connectivity index (χ2v) is 7.53. The monoisotopic (exact) mass is 386 g/mol. The molecule has 1 saturated heterocycles. The highest BCUT2D eigenvalue weighted by atomic mass is 79.9. The Labute approximate surface area is 144 Å². The summed E-state index contributed by atoms with van der Waals surface area (Å²) in [5, 5.41) is 7.04.